The Labute approximate surface area is 149 Å². The molecule has 0 unspecified atom stereocenters. The van der Waals surface area contributed by atoms with Gasteiger partial charge in [0.25, 0.3) is 11.6 Å². The van der Waals surface area contributed by atoms with E-state index in [1.165, 1.54) is 35.2 Å². The smallest absolute Gasteiger partial charge is 0.280 e. The van der Waals surface area contributed by atoms with E-state index in [1.54, 1.807) is 24.3 Å². The number of amides is 1. The highest BCUT2D eigenvalue weighted by Gasteiger charge is 2.50. The van der Waals surface area contributed by atoms with Crippen LogP contribution in [0.1, 0.15) is 22.3 Å². The number of para-hydroxylation sites is 2. The molecule has 0 spiro atoms. The molecule has 2 aromatic carbocycles. The van der Waals surface area contributed by atoms with E-state index in [2.05, 4.69) is 6.58 Å². The summed E-state index contributed by atoms with van der Waals surface area (Å²) in [4.78, 5) is 37.3. The van der Waals surface area contributed by atoms with Crippen LogP contribution in [0, 0.1) is 10.1 Å². The van der Waals surface area contributed by atoms with Gasteiger partial charge in [0.15, 0.2) is 11.4 Å². The fourth-order valence-electron chi connectivity index (χ4n) is 3.18. The summed E-state index contributed by atoms with van der Waals surface area (Å²) in [5.74, 6) is -1.33. The van der Waals surface area contributed by atoms with Crippen LogP contribution < -0.4 is 4.90 Å². The number of hydrogen-bond acceptors (Lipinski definition) is 5. The molecule has 1 N–H and O–H groups in total. The number of nitro benzene ring substituents is 1. The number of ketones is 1. The molecule has 1 amide bonds. The van der Waals surface area contributed by atoms with Crippen molar-refractivity contribution in [3.05, 3.63) is 82.4 Å². The fraction of sp³-hybridized carbons (Fsp3) is 0.158. The van der Waals surface area contributed by atoms with E-state index in [9.17, 15) is 24.8 Å². The molecule has 26 heavy (non-hydrogen) atoms. The number of Topliss-reactive ketones (excluding diaryl/α,β-unsaturated/α-hetero) is 1. The molecule has 2 aromatic rings. The Morgan fingerprint density at radius 3 is 2.58 bits per heavy atom. The monoisotopic (exact) mass is 352 g/mol. The minimum absolute atomic E-state index is 0.140. The first-order valence-electron chi connectivity index (χ1n) is 7.91. The van der Waals surface area contributed by atoms with Crippen molar-refractivity contribution in [2.75, 3.05) is 11.4 Å². The molecule has 7 heteroatoms. The SMILES string of the molecule is C=CCN1C(=O)[C@@](O)(CC(=O)c2ccccc2[N+](=O)[O-])c2ccccc21. The summed E-state index contributed by atoms with van der Waals surface area (Å²) in [6.45, 7) is 3.78. The second kappa shape index (κ2) is 6.53. The molecule has 0 aliphatic carbocycles. The first kappa shape index (κ1) is 17.5. The van der Waals surface area contributed by atoms with Gasteiger partial charge in [-0.25, -0.2) is 0 Å². The van der Waals surface area contributed by atoms with Gasteiger partial charge in [0.1, 0.15) is 0 Å². The van der Waals surface area contributed by atoms with Gasteiger partial charge in [-0.2, -0.15) is 0 Å². The van der Waals surface area contributed by atoms with Gasteiger partial charge in [0, 0.05) is 18.2 Å². The standard InChI is InChI=1S/C19H16N2O5/c1-2-11-20-16-10-6-4-8-14(16)19(24,18(20)23)12-17(22)13-7-3-5-9-15(13)21(25)26/h2-10,24H,1,11-12H2/t19-/m1/s1. The second-order valence-corrected chi connectivity index (χ2v) is 5.96. The maximum absolute atomic E-state index is 12.8. The van der Waals surface area contributed by atoms with Gasteiger partial charge in [0.2, 0.25) is 0 Å². The van der Waals surface area contributed by atoms with Crippen LogP contribution in [0.3, 0.4) is 0 Å². The summed E-state index contributed by atoms with van der Waals surface area (Å²) >= 11 is 0. The maximum atomic E-state index is 12.8. The van der Waals surface area contributed by atoms with Crippen LogP contribution in [0.5, 0.6) is 0 Å². The third-order valence-electron chi connectivity index (χ3n) is 4.37. The van der Waals surface area contributed by atoms with E-state index in [1.807, 2.05) is 0 Å². The highest BCUT2D eigenvalue weighted by Crippen LogP contribution is 2.43. The van der Waals surface area contributed by atoms with E-state index in [0.717, 1.165) is 0 Å². The molecule has 1 heterocycles. The fourth-order valence-corrected chi connectivity index (χ4v) is 3.18. The lowest BCUT2D eigenvalue weighted by Crippen LogP contribution is -2.42. The first-order valence-corrected chi connectivity index (χ1v) is 7.91. The third-order valence-corrected chi connectivity index (χ3v) is 4.37. The Morgan fingerprint density at radius 1 is 1.23 bits per heavy atom. The number of benzene rings is 2. The number of rotatable bonds is 6. The summed E-state index contributed by atoms with van der Waals surface area (Å²) in [5.41, 5.74) is -1.77. The van der Waals surface area contributed by atoms with Crippen LogP contribution in [0.25, 0.3) is 0 Å². The Hall–Kier alpha value is -3.32. The van der Waals surface area contributed by atoms with Crippen LogP contribution in [0.2, 0.25) is 0 Å². The zero-order chi connectivity index (χ0) is 18.9. The Morgan fingerprint density at radius 2 is 1.88 bits per heavy atom. The number of fused-ring (bicyclic) bond motifs is 1. The van der Waals surface area contributed by atoms with Crippen LogP contribution in [-0.4, -0.2) is 28.3 Å². The lowest BCUT2D eigenvalue weighted by molar-refractivity contribution is -0.385. The number of hydrogen-bond donors (Lipinski definition) is 1. The number of carbonyl (C=O) groups is 2. The van der Waals surface area contributed by atoms with E-state index in [-0.39, 0.29) is 17.8 Å². The molecule has 1 aliphatic rings. The summed E-state index contributed by atoms with van der Waals surface area (Å²) < 4.78 is 0. The number of nitro groups is 1. The Balaban J connectivity index is 2.02. The quantitative estimate of drug-likeness (QED) is 0.373. The average Bonchev–Trinajstić information content (AvgIpc) is 2.84. The van der Waals surface area contributed by atoms with E-state index >= 15 is 0 Å². The Bertz CT molecular complexity index is 924. The largest absolute Gasteiger partial charge is 0.375 e. The van der Waals surface area contributed by atoms with E-state index in [4.69, 9.17) is 0 Å². The van der Waals surface area contributed by atoms with Crippen LogP contribution in [-0.2, 0) is 10.4 Å². The summed E-state index contributed by atoms with van der Waals surface area (Å²) in [7, 11) is 0. The zero-order valence-electron chi connectivity index (χ0n) is 13.8. The van der Waals surface area contributed by atoms with E-state index < -0.39 is 28.6 Å². The van der Waals surface area contributed by atoms with Crippen LogP contribution >= 0.6 is 0 Å². The molecule has 0 saturated heterocycles. The highest BCUT2D eigenvalue weighted by atomic mass is 16.6. The van der Waals surface area contributed by atoms with Gasteiger partial charge >= 0.3 is 0 Å². The third kappa shape index (κ3) is 2.68. The lowest BCUT2D eigenvalue weighted by atomic mass is 9.88. The van der Waals surface area contributed by atoms with Gasteiger partial charge in [-0.05, 0) is 12.1 Å². The van der Waals surface area contributed by atoms with Crippen LogP contribution in [0.15, 0.2) is 61.2 Å². The average molecular weight is 352 g/mol. The van der Waals surface area contributed by atoms with E-state index in [0.29, 0.717) is 11.3 Å². The molecule has 1 atom stereocenters. The molecule has 1 aliphatic heterocycles. The summed E-state index contributed by atoms with van der Waals surface area (Å²) in [6, 6.07) is 12.1. The van der Waals surface area contributed by atoms with Crippen LogP contribution in [0.4, 0.5) is 11.4 Å². The van der Waals surface area contributed by atoms with Gasteiger partial charge in [-0.15, -0.1) is 6.58 Å². The summed E-state index contributed by atoms with van der Waals surface area (Å²) in [6.07, 6.45) is 0.936. The molecular weight excluding hydrogens is 336 g/mol. The molecule has 0 bridgehead atoms. The number of aliphatic hydroxyl groups is 1. The van der Waals surface area contributed by atoms with Crippen molar-refractivity contribution in [1.82, 2.24) is 0 Å². The Kier molecular flexibility index (Phi) is 4.40. The first-order chi connectivity index (χ1) is 12.4. The van der Waals surface area contributed by atoms with Crippen molar-refractivity contribution < 1.29 is 19.6 Å². The molecule has 0 fully saturated rings. The predicted molar refractivity (Wildman–Crippen MR) is 94.9 cm³/mol. The van der Waals surface area contributed by atoms with Crippen molar-refractivity contribution in [1.29, 1.82) is 0 Å². The highest BCUT2D eigenvalue weighted by molar-refractivity contribution is 6.11. The van der Waals surface area contributed by atoms with Crippen molar-refractivity contribution in [2.24, 2.45) is 0 Å². The molecule has 0 radical (unpaired) electrons. The number of anilines is 1. The molecule has 3 rings (SSSR count). The molecule has 132 valence electrons. The summed E-state index contributed by atoms with van der Waals surface area (Å²) in [5, 5.41) is 22.2. The van der Waals surface area contributed by atoms with Gasteiger partial charge in [0.05, 0.1) is 22.6 Å². The zero-order valence-corrected chi connectivity index (χ0v) is 13.8. The lowest BCUT2D eigenvalue weighted by Gasteiger charge is -2.22. The molecule has 7 nitrogen and oxygen atoms in total. The van der Waals surface area contributed by atoms with Crippen molar-refractivity contribution in [3.63, 3.8) is 0 Å². The molecule has 0 saturated carbocycles. The normalized spacial score (nSPS) is 18.5. The van der Waals surface area contributed by atoms with Crippen molar-refractivity contribution in [2.45, 2.75) is 12.0 Å². The second-order valence-electron chi connectivity index (χ2n) is 5.96. The number of carbonyl (C=O) groups excluding carboxylic acids is 2. The topological polar surface area (TPSA) is 101 Å². The van der Waals surface area contributed by atoms with Crippen molar-refractivity contribution in [3.8, 4) is 0 Å². The van der Waals surface area contributed by atoms with Gasteiger partial charge < -0.3 is 10.0 Å². The predicted octanol–water partition coefficient (Wildman–Crippen LogP) is 2.59. The minimum atomic E-state index is -2.07. The van der Waals surface area contributed by atoms with Gasteiger partial charge in [-0.1, -0.05) is 36.4 Å². The van der Waals surface area contributed by atoms with Gasteiger partial charge in [-0.3, -0.25) is 19.7 Å². The maximum Gasteiger partial charge on any atom is 0.280 e. The number of nitrogens with zero attached hydrogens (tertiary/aromatic N) is 2. The van der Waals surface area contributed by atoms with Crippen molar-refractivity contribution >= 4 is 23.1 Å². The molecule has 0 aromatic heterocycles. The molecular formula is C19H16N2O5. The minimum Gasteiger partial charge on any atom is -0.375 e.